The zero-order valence-corrected chi connectivity index (χ0v) is 14.5. The van der Waals surface area contributed by atoms with Crippen LogP contribution in [0.5, 0.6) is 0 Å². The summed E-state index contributed by atoms with van der Waals surface area (Å²) in [6.07, 6.45) is 1.81. The molecule has 100 valence electrons. The van der Waals surface area contributed by atoms with Gasteiger partial charge in [-0.25, -0.2) is 4.99 Å². The normalized spacial score (nSPS) is 16.8. The maximum Gasteiger partial charge on any atom is 0.244 e. The second-order valence-electron chi connectivity index (χ2n) is 3.98. The van der Waals surface area contributed by atoms with Crippen LogP contribution in [0.2, 0.25) is 5.02 Å². The van der Waals surface area contributed by atoms with Crippen LogP contribution < -0.4 is 0 Å². The quantitative estimate of drug-likeness (QED) is 0.491. The van der Waals surface area contributed by atoms with E-state index in [1.165, 1.54) is 0 Å². The molecule has 20 heavy (non-hydrogen) atoms. The Morgan fingerprint density at radius 2 is 2.15 bits per heavy atom. The second-order valence-corrected chi connectivity index (χ2v) is 7.57. The van der Waals surface area contributed by atoms with Gasteiger partial charge in [-0.2, -0.15) is 0 Å². The van der Waals surface area contributed by atoms with Crippen molar-refractivity contribution in [2.45, 2.75) is 0 Å². The molecule has 2 aromatic rings. The van der Waals surface area contributed by atoms with Crippen molar-refractivity contribution in [1.29, 1.82) is 0 Å². The summed E-state index contributed by atoms with van der Waals surface area (Å²) in [6, 6.07) is 9.60. The van der Waals surface area contributed by atoms with E-state index in [1.807, 2.05) is 41.8 Å². The molecule has 0 radical (unpaired) electrons. The smallest absolute Gasteiger partial charge is 0.244 e. The van der Waals surface area contributed by atoms with Crippen molar-refractivity contribution in [3.05, 3.63) is 60.4 Å². The molecule has 0 atom stereocenters. The molecular formula is C14H7ClINOS2. The van der Waals surface area contributed by atoms with Crippen LogP contribution in [0, 0.1) is 3.57 Å². The maximum atomic E-state index is 12.0. The van der Waals surface area contributed by atoms with Crippen LogP contribution in [-0.2, 0) is 4.79 Å². The molecule has 0 saturated carbocycles. The van der Waals surface area contributed by atoms with Crippen molar-refractivity contribution in [2.75, 3.05) is 0 Å². The molecule has 3 rings (SSSR count). The van der Waals surface area contributed by atoms with Crippen LogP contribution in [0.3, 0.4) is 0 Å². The lowest BCUT2D eigenvalue weighted by atomic mass is 10.2. The number of benzene rings is 1. The second kappa shape index (κ2) is 6.01. The highest BCUT2D eigenvalue weighted by atomic mass is 127. The Kier molecular flexibility index (Phi) is 4.30. The van der Waals surface area contributed by atoms with Gasteiger partial charge in [0.25, 0.3) is 0 Å². The van der Waals surface area contributed by atoms with Gasteiger partial charge in [-0.05, 0) is 70.1 Å². The summed E-state index contributed by atoms with van der Waals surface area (Å²) in [5.74, 6) is 0. The van der Waals surface area contributed by atoms with Crippen molar-refractivity contribution in [3.63, 3.8) is 0 Å². The van der Waals surface area contributed by atoms with Crippen LogP contribution in [0.1, 0.15) is 10.4 Å². The van der Waals surface area contributed by atoms with Crippen LogP contribution >= 0.6 is 57.3 Å². The summed E-state index contributed by atoms with van der Waals surface area (Å²) in [6.45, 7) is 0. The first-order valence-electron chi connectivity index (χ1n) is 5.65. The summed E-state index contributed by atoms with van der Waals surface area (Å²) in [5.41, 5.74) is 1.29. The zero-order chi connectivity index (χ0) is 14.1. The number of rotatable bonds is 2. The lowest BCUT2D eigenvalue weighted by Gasteiger charge is -2.02. The van der Waals surface area contributed by atoms with Gasteiger partial charge in [0.2, 0.25) is 5.12 Å². The largest absolute Gasteiger partial charge is 0.279 e. The van der Waals surface area contributed by atoms with E-state index in [9.17, 15) is 4.79 Å². The molecule has 0 N–H and O–H groups in total. The lowest BCUT2D eigenvalue weighted by molar-refractivity contribution is -0.107. The van der Waals surface area contributed by atoms with E-state index >= 15 is 0 Å². The van der Waals surface area contributed by atoms with E-state index < -0.39 is 0 Å². The Balaban J connectivity index is 2.00. The molecule has 2 nitrogen and oxygen atoms in total. The third-order valence-electron chi connectivity index (χ3n) is 2.60. The van der Waals surface area contributed by atoms with E-state index in [4.69, 9.17) is 11.6 Å². The van der Waals surface area contributed by atoms with Gasteiger partial charge in [-0.1, -0.05) is 17.7 Å². The van der Waals surface area contributed by atoms with Crippen LogP contribution in [0.15, 0.2) is 46.4 Å². The topological polar surface area (TPSA) is 29.4 Å². The van der Waals surface area contributed by atoms with Crippen molar-refractivity contribution >= 4 is 73.5 Å². The third kappa shape index (κ3) is 3.00. The Morgan fingerprint density at radius 1 is 1.30 bits per heavy atom. The summed E-state index contributed by atoms with van der Waals surface area (Å²) in [4.78, 5) is 17.5. The Morgan fingerprint density at radius 3 is 2.90 bits per heavy atom. The fourth-order valence-corrected chi connectivity index (χ4v) is 3.91. The molecular weight excluding hydrogens is 425 g/mol. The first-order valence-corrected chi connectivity index (χ1v) is 8.80. The van der Waals surface area contributed by atoms with E-state index in [-0.39, 0.29) is 5.12 Å². The molecule has 0 aliphatic carbocycles. The average molecular weight is 432 g/mol. The first-order chi connectivity index (χ1) is 9.63. The number of halogens is 2. The van der Waals surface area contributed by atoms with Crippen molar-refractivity contribution < 1.29 is 4.79 Å². The molecule has 0 amide bonds. The number of carbonyl (C=O) groups excluding carboxylic acids is 1. The summed E-state index contributed by atoms with van der Waals surface area (Å²) in [5, 5.41) is 3.21. The molecule has 2 heterocycles. The zero-order valence-electron chi connectivity index (χ0n) is 9.97. The SMILES string of the molecule is O=C1SC(c2cc(I)ccc2Cl)=N/C1=C/c1cccs1. The highest BCUT2D eigenvalue weighted by Crippen LogP contribution is 2.32. The molecule has 1 aliphatic heterocycles. The predicted octanol–water partition coefficient (Wildman–Crippen LogP) is 5.07. The molecule has 6 heteroatoms. The number of thioether (sulfide) groups is 1. The molecule has 1 aromatic heterocycles. The number of thiophene rings is 1. The fourth-order valence-electron chi connectivity index (χ4n) is 1.69. The van der Waals surface area contributed by atoms with Crippen LogP contribution in [0.4, 0.5) is 0 Å². The number of aliphatic imine (C=N–C) groups is 1. The highest BCUT2D eigenvalue weighted by molar-refractivity contribution is 14.1. The first kappa shape index (κ1) is 14.3. The van der Waals surface area contributed by atoms with Gasteiger partial charge >= 0.3 is 0 Å². The summed E-state index contributed by atoms with van der Waals surface area (Å²) in [7, 11) is 0. The van der Waals surface area contributed by atoms with E-state index in [2.05, 4.69) is 27.6 Å². The third-order valence-corrected chi connectivity index (χ3v) is 5.32. The van der Waals surface area contributed by atoms with Gasteiger partial charge in [-0.15, -0.1) is 11.3 Å². The number of carbonyl (C=O) groups is 1. The van der Waals surface area contributed by atoms with Crippen LogP contribution in [0.25, 0.3) is 6.08 Å². The Bertz CT molecular complexity index is 738. The van der Waals surface area contributed by atoms with Crippen molar-refractivity contribution in [3.8, 4) is 0 Å². The summed E-state index contributed by atoms with van der Waals surface area (Å²) < 4.78 is 1.06. The minimum absolute atomic E-state index is 0.0386. The Hall–Kier alpha value is -0.630. The average Bonchev–Trinajstić information content (AvgIpc) is 3.04. The van der Waals surface area contributed by atoms with Crippen LogP contribution in [-0.4, -0.2) is 10.2 Å². The molecule has 1 aliphatic rings. The van der Waals surface area contributed by atoms with Crippen molar-refractivity contribution in [2.24, 2.45) is 4.99 Å². The predicted molar refractivity (Wildman–Crippen MR) is 95.6 cm³/mol. The number of nitrogens with zero attached hydrogens (tertiary/aromatic N) is 1. The molecule has 0 spiro atoms. The van der Waals surface area contributed by atoms with E-state index in [1.54, 1.807) is 11.3 Å². The number of hydrogen-bond acceptors (Lipinski definition) is 4. The maximum absolute atomic E-state index is 12.0. The molecule has 0 fully saturated rings. The van der Waals surface area contributed by atoms with Crippen molar-refractivity contribution in [1.82, 2.24) is 0 Å². The van der Waals surface area contributed by atoms with Gasteiger partial charge in [0.05, 0.1) is 5.02 Å². The monoisotopic (exact) mass is 431 g/mol. The molecule has 0 saturated heterocycles. The fraction of sp³-hybridized carbons (Fsp3) is 0. The highest BCUT2D eigenvalue weighted by Gasteiger charge is 2.24. The standard InChI is InChI=1S/C14H7ClINOS2/c15-11-4-3-8(16)6-10(11)13-17-12(14(18)20-13)7-9-2-1-5-19-9/h1-7H/b12-7+. The van der Waals surface area contributed by atoms with Gasteiger partial charge < -0.3 is 0 Å². The van der Waals surface area contributed by atoms with Gasteiger partial charge in [-0.3, -0.25) is 4.79 Å². The van der Waals surface area contributed by atoms with Gasteiger partial charge in [0.15, 0.2) is 0 Å². The molecule has 0 bridgehead atoms. The summed E-state index contributed by atoms with van der Waals surface area (Å²) >= 11 is 11.1. The molecule has 1 aromatic carbocycles. The van der Waals surface area contributed by atoms with E-state index in [0.29, 0.717) is 15.8 Å². The Labute approximate surface area is 143 Å². The lowest BCUT2D eigenvalue weighted by Crippen LogP contribution is -1.94. The molecule has 0 unspecified atom stereocenters. The van der Waals surface area contributed by atoms with E-state index in [0.717, 1.165) is 25.8 Å². The minimum Gasteiger partial charge on any atom is -0.279 e. The minimum atomic E-state index is -0.0386. The number of hydrogen-bond donors (Lipinski definition) is 0. The van der Waals surface area contributed by atoms with Gasteiger partial charge in [0, 0.05) is 14.0 Å². The van der Waals surface area contributed by atoms with Gasteiger partial charge in [0.1, 0.15) is 10.7 Å².